The number of likely N-dealkylation sites (N-methyl/N-ethyl adjacent to an activating group) is 1. The van der Waals surface area contributed by atoms with Crippen molar-refractivity contribution in [2.45, 2.75) is 26.8 Å². The summed E-state index contributed by atoms with van der Waals surface area (Å²) in [5, 5.41) is 24.8. The molecule has 0 fully saturated rings. The van der Waals surface area contributed by atoms with E-state index in [0.29, 0.717) is 5.56 Å². The van der Waals surface area contributed by atoms with E-state index >= 15 is 0 Å². The first kappa shape index (κ1) is 21.0. The van der Waals surface area contributed by atoms with Crippen molar-refractivity contribution in [1.29, 1.82) is 0 Å². The first-order valence-electron chi connectivity index (χ1n) is 8.60. The molecule has 0 heterocycles. The number of nitrogens with one attached hydrogen (secondary N) is 1. The summed E-state index contributed by atoms with van der Waals surface area (Å²) in [6.45, 7) is 5.37. The standard InChI is InChI=1S/C19H22N4O5/c1-12-8-17(18(23(27)28)9-13(12)2)20-19(24)11-21(4)14(3)15-6-5-7-16(10-15)22(25)26/h5-10,14H,11H2,1-4H3,(H,20,24)/t14-/m1/s1. The fourth-order valence-electron chi connectivity index (χ4n) is 2.76. The molecule has 0 aromatic heterocycles. The van der Waals surface area contributed by atoms with Crippen molar-refractivity contribution in [2.75, 3.05) is 18.9 Å². The topological polar surface area (TPSA) is 119 Å². The Morgan fingerprint density at radius 2 is 1.75 bits per heavy atom. The summed E-state index contributed by atoms with van der Waals surface area (Å²) in [5.74, 6) is -0.411. The van der Waals surface area contributed by atoms with E-state index in [9.17, 15) is 25.0 Å². The molecule has 9 nitrogen and oxygen atoms in total. The van der Waals surface area contributed by atoms with Gasteiger partial charge in [0.1, 0.15) is 5.69 Å². The fraction of sp³-hybridized carbons (Fsp3) is 0.316. The maximum absolute atomic E-state index is 12.4. The van der Waals surface area contributed by atoms with Gasteiger partial charge in [0.15, 0.2) is 0 Å². The summed E-state index contributed by atoms with van der Waals surface area (Å²) in [4.78, 5) is 35.3. The first-order valence-corrected chi connectivity index (χ1v) is 8.60. The van der Waals surface area contributed by atoms with Gasteiger partial charge in [-0.15, -0.1) is 0 Å². The Balaban J connectivity index is 2.13. The second kappa shape index (κ2) is 8.57. The van der Waals surface area contributed by atoms with E-state index in [4.69, 9.17) is 0 Å². The molecular formula is C19H22N4O5. The van der Waals surface area contributed by atoms with Gasteiger partial charge in [-0.25, -0.2) is 0 Å². The minimum absolute atomic E-state index is 0.0204. The maximum Gasteiger partial charge on any atom is 0.293 e. The Labute approximate surface area is 162 Å². The third kappa shape index (κ3) is 4.89. The zero-order valence-corrected chi connectivity index (χ0v) is 16.1. The van der Waals surface area contributed by atoms with Gasteiger partial charge in [-0.05, 0) is 50.6 Å². The predicted molar refractivity (Wildman–Crippen MR) is 105 cm³/mol. The summed E-state index contributed by atoms with van der Waals surface area (Å²) in [6, 6.07) is 8.96. The van der Waals surface area contributed by atoms with Crippen molar-refractivity contribution in [2.24, 2.45) is 0 Å². The highest BCUT2D eigenvalue weighted by Crippen LogP contribution is 2.28. The molecule has 2 aromatic rings. The van der Waals surface area contributed by atoms with Crippen LogP contribution in [0.5, 0.6) is 0 Å². The second-order valence-corrected chi connectivity index (χ2v) is 6.70. The number of rotatable bonds is 7. The molecule has 1 atom stereocenters. The highest BCUT2D eigenvalue weighted by Gasteiger charge is 2.21. The fourth-order valence-corrected chi connectivity index (χ4v) is 2.76. The molecule has 0 unspecified atom stereocenters. The van der Waals surface area contributed by atoms with Gasteiger partial charge in [0.2, 0.25) is 5.91 Å². The minimum Gasteiger partial charge on any atom is -0.319 e. The monoisotopic (exact) mass is 386 g/mol. The molecule has 0 aliphatic rings. The zero-order chi connectivity index (χ0) is 21.0. The summed E-state index contributed by atoms with van der Waals surface area (Å²) in [7, 11) is 1.71. The van der Waals surface area contributed by atoms with E-state index in [1.165, 1.54) is 18.2 Å². The zero-order valence-electron chi connectivity index (χ0n) is 16.1. The number of benzene rings is 2. The number of nitro groups is 2. The van der Waals surface area contributed by atoms with Crippen molar-refractivity contribution in [3.05, 3.63) is 73.3 Å². The molecule has 1 N–H and O–H groups in total. The molecule has 0 radical (unpaired) electrons. The second-order valence-electron chi connectivity index (χ2n) is 6.70. The van der Waals surface area contributed by atoms with Crippen LogP contribution in [0.15, 0.2) is 36.4 Å². The Kier molecular flexibility index (Phi) is 6.42. The van der Waals surface area contributed by atoms with Gasteiger partial charge in [-0.3, -0.25) is 29.9 Å². The SMILES string of the molecule is Cc1cc(NC(=O)CN(C)[C@H](C)c2cccc([N+](=O)[O-])c2)c([N+](=O)[O-])cc1C. The number of carbonyl (C=O) groups is 1. The van der Waals surface area contributed by atoms with Crippen LogP contribution in [0.4, 0.5) is 17.1 Å². The van der Waals surface area contributed by atoms with Crippen LogP contribution in [0.2, 0.25) is 0 Å². The lowest BCUT2D eigenvalue weighted by atomic mass is 10.1. The number of anilines is 1. The predicted octanol–water partition coefficient (Wildman–Crippen LogP) is 3.75. The lowest BCUT2D eigenvalue weighted by Gasteiger charge is -2.24. The Morgan fingerprint density at radius 3 is 2.36 bits per heavy atom. The van der Waals surface area contributed by atoms with Gasteiger partial charge in [0.05, 0.1) is 16.4 Å². The number of hydrogen-bond donors (Lipinski definition) is 1. The number of carbonyl (C=O) groups excluding carboxylic acids is 1. The maximum atomic E-state index is 12.4. The van der Waals surface area contributed by atoms with Crippen LogP contribution in [0, 0.1) is 34.1 Å². The molecule has 2 aromatic carbocycles. The third-order valence-electron chi connectivity index (χ3n) is 4.70. The number of nitrogens with zero attached hydrogens (tertiary/aromatic N) is 3. The number of nitro benzene ring substituents is 2. The van der Waals surface area contributed by atoms with E-state index in [-0.39, 0.29) is 29.6 Å². The molecule has 0 spiro atoms. The molecule has 2 rings (SSSR count). The van der Waals surface area contributed by atoms with Crippen LogP contribution >= 0.6 is 0 Å². The van der Waals surface area contributed by atoms with Crippen LogP contribution in [-0.4, -0.2) is 34.2 Å². The first-order chi connectivity index (χ1) is 13.1. The summed E-state index contributed by atoms with van der Waals surface area (Å²) >= 11 is 0. The summed E-state index contributed by atoms with van der Waals surface area (Å²) in [6.07, 6.45) is 0. The number of hydrogen-bond acceptors (Lipinski definition) is 6. The highest BCUT2D eigenvalue weighted by molar-refractivity contribution is 5.94. The van der Waals surface area contributed by atoms with E-state index < -0.39 is 15.8 Å². The lowest BCUT2D eigenvalue weighted by Crippen LogP contribution is -2.32. The smallest absolute Gasteiger partial charge is 0.293 e. The van der Waals surface area contributed by atoms with Gasteiger partial charge in [0.25, 0.3) is 11.4 Å². The van der Waals surface area contributed by atoms with Crippen molar-refractivity contribution in [1.82, 2.24) is 4.90 Å². The molecule has 9 heteroatoms. The molecular weight excluding hydrogens is 364 g/mol. The molecule has 0 saturated heterocycles. The van der Waals surface area contributed by atoms with Gasteiger partial charge in [-0.2, -0.15) is 0 Å². The minimum atomic E-state index is -0.530. The van der Waals surface area contributed by atoms with E-state index in [0.717, 1.165) is 11.1 Å². The molecule has 1 amide bonds. The highest BCUT2D eigenvalue weighted by atomic mass is 16.6. The number of amides is 1. The molecule has 0 saturated carbocycles. The molecule has 148 valence electrons. The van der Waals surface area contributed by atoms with E-state index in [2.05, 4.69) is 5.32 Å². The quantitative estimate of drug-likeness (QED) is 0.572. The van der Waals surface area contributed by atoms with Crippen LogP contribution in [-0.2, 0) is 4.79 Å². The van der Waals surface area contributed by atoms with Gasteiger partial charge in [-0.1, -0.05) is 12.1 Å². The van der Waals surface area contributed by atoms with Crippen molar-refractivity contribution >= 4 is 23.0 Å². The van der Waals surface area contributed by atoms with Crippen molar-refractivity contribution in [3.63, 3.8) is 0 Å². The Hall–Kier alpha value is -3.33. The van der Waals surface area contributed by atoms with Crippen molar-refractivity contribution in [3.8, 4) is 0 Å². The summed E-state index contributed by atoms with van der Waals surface area (Å²) in [5.41, 5.74) is 2.26. The Morgan fingerprint density at radius 1 is 1.11 bits per heavy atom. The third-order valence-corrected chi connectivity index (χ3v) is 4.70. The van der Waals surface area contributed by atoms with Gasteiger partial charge >= 0.3 is 0 Å². The number of aryl methyl sites for hydroxylation is 2. The Bertz CT molecular complexity index is 929. The van der Waals surface area contributed by atoms with Crippen LogP contribution in [0.3, 0.4) is 0 Å². The average Bonchev–Trinajstić information content (AvgIpc) is 2.63. The lowest BCUT2D eigenvalue weighted by molar-refractivity contribution is -0.385. The van der Waals surface area contributed by atoms with Gasteiger partial charge < -0.3 is 5.32 Å². The van der Waals surface area contributed by atoms with Crippen LogP contribution in [0.25, 0.3) is 0 Å². The molecule has 0 bridgehead atoms. The van der Waals surface area contributed by atoms with E-state index in [1.54, 1.807) is 37.1 Å². The normalized spacial score (nSPS) is 11.9. The van der Waals surface area contributed by atoms with Gasteiger partial charge in [0, 0.05) is 24.2 Å². The largest absolute Gasteiger partial charge is 0.319 e. The van der Waals surface area contributed by atoms with Crippen LogP contribution < -0.4 is 5.32 Å². The average molecular weight is 386 g/mol. The molecule has 0 aliphatic carbocycles. The number of non-ortho nitro benzene ring substituents is 1. The molecule has 0 aliphatic heterocycles. The molecule has 28 heavy (non-hydrogen) atoms. The van der Waals surface area contributed by atoms with Crippen molar-refractivity contribution < 1.29 is 14.6 Å². The van der Waals surface area contributed by atoms with Crippen LogP contribution in [0.1, 0.15) is 29.7 Å². The van der Waals surface area contributed by atoms with E-state index in [1.807, 2.05) is 13.8 Å². The summed E-state index contributed by atoms with van der Waals surface area (Å²) < 4.78 is 0.